The first-order chi connectivity index (χ1) is 34.0. The Bertz CT molecular complexity index is 990. The van der Waals surface area contributed by atoms with E-state index < -0.39 is 12.1 Å². The number of nitrogens with one attached hydrogen (secondary N) is 1. The molecule has 0 heterocycles. The summed E-state index contributed by atoms with van der Waals surface area (Å²) in [4.78, 5) is 24.6. The Hall–Kier alpha value is -1.14. The number of ether oxygens (including phenoxy) is 1. The lowest BCUT2D eigenvalue weighted by molar-refractivity contribution is -0.143. The number of hydrogen-bond acceptors (Lipinski definition) is 5. The maximum absolute atomic E-state index is 12.5. The Balaban J connectivity index is 3.41. The summed E-state index contributed by atoms with van der Waals surface area (Å²) in [6.45, 7) is 4.97. The van der Waals surface area contributed by atoms with Crippen LogP contribution in [0.2, 0.25) is 0 Å². The van der Waals surface area contributed by atoms with Gasteiger partial charge < -0.3 is 20.3 Å². The van der Waals surface area contributed by atoms with Gasteiger partial charge in [-0.2, -0.15) is 0 Å². The number of carbonyl (C=O) groups is 2. The van der Waals surface area contributed by atoms with E-state index in [1.54, 1.807) is 0 Å². The monoisotopic (exact) mass is 976 g/mol. The van der Waals surface area contributed by atoms with Crippen LogP contribution >= 0.6 is 0 Å². The van der Waals surface area contributed by atoms with E-state index in [-0.39, 0.29) is 18.5 Å². The first-order valence-corrected chi connectivity index (χ1v) is 31.8. The van der Waals surface area contributed by atoms with Crippen LogP contribution in [-0.4, -0.2) is 47.4 Å². The van der Waals surface area contributed by atoms with Gasteiger partial charge in [0.2, 0.25) is 5.91 Å². The number of esters is 1. The van der Waals surface area contributed by atoms with Gasteiger partial charge >= 0.3 is 5.97 Å². The second-order valence-electron chi connectivity index (χ2n) is 22.1. The molecule has 0 aromatic rings. The molecule has 0 aliphatic rings. The zero-order chi connectivity index (χ0) is 50.0. The number of amides is 1. The number of rotatable bonds is 60. The van der Waals surface area contributed by atoms with Crippen LogP contribution in [0.15, 0.2) is 0 Å². The smallest absolute Gasteiger partial charge is 0.305 e. The van der Waals surface area contributed by atoms with Gasteiger partial charge in [-0.25, -0.2) is 0 Å². The fourth-order valence-corrected chi connectivity index (χ4v) is 10.3. The predicted octanol–water partition coefficient (Wildman–Crippen LogP) is 19.9. The molecule has 2 atom stereocenters. The predicted molar refractivity (Wildman–Crippen MR) is 301 cm³/mol. The van der Waals surface area contributed by atoms with Crippen molar-refractivity contribution in [3.05, 3.63) is 0 Å². The summed E-state index contributed by atoms with van der Waals surface area (Å²) < 4.78 is 5.47. The third-order valence-electron chi connectivity index (χ3n) is 15.2. The summed E-state index contributed by atoms with van der Waals surface area (Å²) in [5, 5.41) is 23.4. The van der Waals surface area contributed by atoms with Gasteiger partial charge in [0.25, 0.3) is 0 Å². The van der Waals surface area contributed by atoms with Gasteiger partial charge in [-0.05, 0) is 25.7 Å². The van der Waals surface area contributed by atoms with Crippen molar-refractivity contribution in [3.8, 4) is 0 Å². The van der Waals surface area contributed by atoms with Gasteiger partial charge in [0, 0.05) is 12.8 Å². The molecule has 0 aliphatic heterocycles. The van der Waals surface area contributed by atoms with Crippen LogP contribution in [0, 0.1) is 0 Å². The highest BCUT2D eigenvalue weighted by atomic mass is 16.5. The van der Waals surface area contributed by atoms with Crippen molar-refractivity contribution in [2.24, 2.45) is 0 Å². The molecule has 3 N–H and O–H groups in total. The van der Waals surface area contributed by atoms with Crippen molar-refractivity contribution in [1.29, 1.82) is 0 Å². The highest BCUT2D eigenvalue weighted by Gasteiger charge is 2.20. The van der Waals surface area contributed by atoms with E-state index in [0.717, 1.165) is 44.9 Å². The summed E-state index contributed by atoms with van der Waals surface area (Å²) >= 11 is 0. The maximum atomic E-state index is 12.5. The Morgan fingerprint density at radius 3 is 0.884 bits per heavy atom. The molecule has 0 rings (SSSR count). The molecule has 1 amide bonds. The van der Waals surface area contributed by atoms with Crippen molar-refractivity contribution in [3.63, 3.8) is 0 Å². The molecule has 0 aromatic heterocycles. The number of carbonyl (C=O) groups excluding carboxylic acids is 2. The van der Waals surface area contributed by atoms with E-state index in [1.165, 1.54) is 289 Å². The molecule has 0 saturated heterocycles. The van der Waals surface area contributed by atoms with E-state index in [4.69, 9.17) is 4.74 Å². The molecule has 0 spiro atoms. The molecule has 0 fully saturated rings. The molecule has 2 unspecified atom stereocenters. The molecule has 6 heteroatoms. The quantitative estimate of drug-likeness (QED) is 0.0417. The Morgan fingerprint density at radius 2 is 0.594 bits per heavy atom. The van der Waals surface area contributed by atoms with E-state index >= 15 is 0 Å². The minimum Gasteiger partial charge on any atom is -0.466 e. The maximum Gasteiger partial charge on any atom is 0.305 e. The molecular weight excluding hydrogens is 851 g/mol. The fraction of sp³-hybridized carbons (Fsp3) is 0.968. The van der Waals surface area contributed by atoms with E-state index in [9.17, 15) is 19.8 Å². The van der Waals surface area contributed by atoms with Crippen molar-refractivity contribution < 1.29 is 24.5 Å². The van der Waals surface area contributed by atoms with Crippen molar-refractivity contribution >= 4 is 11.9 Å². The Labute approximate surface area is 432 Å². The highest BCUT2D eigenvalue weighted by Crippen LogP contribution is 2.19. The van der Waals surface area contributed by atoms with E-state index in [1.807, 2.05) is 0 Å². The van der Waals surface area contributed by atoms with Crippen LogP contribution in [0.3, 0.4) is 0 Å². The molecule has 6 nitrogen and oxygen atoms in total. The molecule has 0 aromatic carbocycles. The Morgan fingerprint density at radius 1 is 0.348 bits per heavy atom. The Kier molecular flexibility index (Phi) is 58.4. The molecule has 0 aliphatic carbocycles. The van der Waals surface area contributed by atoms with Crippen LogP contribution in [0.25, 0.3) is 0 Å². The van der Waals surface area contributed by atoms with Crippen molar-refractivity contribution in [2.75, 3.05) is 13.2 Å². The van der Waals surface area contributed by atoms with Crippen LogP contribution in [0.1, 0.15) is 367 Å². The summed E-state index contributed by atoms with van der Waals surface area (Å²) in [6, 6.07) is -0.548. The second kappa shape index (κ2) is 59.4. The summed E-state index contributed by atoms with van der Waals surface area (Å²) in [5.74, 6) is -0.0351. The van der Waals surface area contributed by atoms with E-state index in [0.29, 0.717) is 25.9 Å². The molecule has 0 saturated carbocycles. The van der Waals surface area contributed by atoms with Crippen LogP contribution in [0.5, 0.6) is 0 Å². The third kappa shape index (κ3) is 56.0. The van der Waals surface area contributed by atoms with Gasteiger partial charge in [-0.1, -0.05) is 328 Å². The summed E-state index contributed by atoms with van der Waals surface area (Å²) in [7, 11) is 0. The van der Waals surface area contributed by atoms with Crippen molar-refractivity contribution in [2.45, 2.75) is 379 Å². The first-order valence-electron chi connectivity index (χ1n) is 31.8. The van der Waals surface area contributed by atoms with Gasteiger partial charge in [-0.3, -0.25) is 9.59 Å². The molecule has 0 bridgehead atoms. The van der Waals surface area contributed by atoms with Crippen molar-refractivity contribution in [1.82, 2.24) is 5.32 Å². The number of hydrogen-bond donors (Lipinski definition) is 3. The SMILES string of the molecule is CCCCCCCCCCCCCCCCCCCCCCCCCCCC(O)C(CO)NC(=O)CCCCCCCCCCCCCCCCCOC(=O)CCCCCCCCCCCCCC. The molecule has 0 radical (unpaired) electrons. The average molecular weight is 977 g/mol. The topological polar surface area (TPSA) is 95.9 Å². The highest BCUT2D eigenvalue weighted by molar-refractivity contribution is 5.76. The zero-order valence-electron chi connectivity index (χ0n) is 47.1. The second-order valence-corrected chi connectivity index (χ2v) is 22.1. The number of aliphatic hydroxyl groups is 2. The number of aliphatic hydroxyl groups excluding tert-OH is 2. The summed E-state index contributed by atoms with van der Waals surface area (Å²) in [5.41, 5.74) is 0. The van der Waals surface area contributed by atoms with Gasteiger partial charge in [-0.15, -0.1) is 0 Å². The van der Waals surface area contributed by atoms with Gasteiger partial charge in [0.1, 0.15) is 0 Å². The lowest BCUT2D eigenvalue weighted by Crippen LogP contribution is -2.45. The summed E-state index contributed by atoms with van der Waals surface area (Å²) in [6.07, 6.45) is 69.7. The molecule has 69 heavy (non-hydrogen) atoms. The van der Waals surface area contributed by atoms with Crippen LogP contribution in [-0.2, 0) is 14.3 Å². The average Bonchev–Trinajstić information content (AvgIpc) is 3.35. The fourth-order valence-electron chi connectivity index (χ4n) is 10.3. The minimum absolute atomic E-state index is 0.00299. The zero-order valence-corrected chi connectivity index (χ0v) is 47.1. The first kappa shape index (κ1) is 67.9. The number of unbranched alkanes of at least 4 members (excludes halogenated alkanes) is 49. The molecular formula is C63H125NO5. The van der Waals surface area contributed by atoms with Crippen LogP contribution in [0.4, 0.5) is 0 Å². The normalized spacial score (nSPS) is 12.5. The molecule has 412 valence electrons. The van der Waals surface area contributed by atoms with Gasteiger partial charge in [0.05, 0.1) is 25.4 Å². The van der Waals surface area contributed by atoms with E-state index in [2.05, 4.69) is 19.2 Å². The lowest BCUT2D eigenvalue weighted by atomic mass is 10.0. The lowest BCUT2D eigenvalue weighted by Gasteiger charge is -2.22. The standard InChI is InChI=1S/C63H125NO5/c1-3-5-7-9-11-13-15-17-18-19-20-21-22-23-24-25-26-27-29-32-35-39-43-47-51-55-61(66)60(59-65)64-62(67)56-52-48-44-40-36-33-30-28-31-34-38-42-46-50-54-58-69-63(68)57-53-49-45-41-37-16-14-12-10-8-6-4-2/h60-61,65-66H,3-59H2,1-2H3,(H,64,67). The van der Waals surface area contributed by atoms with Crippen LogP contribution < -0.4 is 5.32 Å². The third-order valence-corrected chi connectivity index (χ3v) is 15.2. The minimum atomic E-state index is -0.670. The van der Waals surface area contributed by atoms with Gasteiger partial charge in [0.15, 0.2) is 0 Å². The largest absolute Gasteiger partial charge is 0.466 e.